The third kappa shape index (κ3) is 4.13. The summed E-state index contributed by atoms with van der Waals surface area (Å²) in [6.45, 7) is 7.82. The summed E-state index contributed by atoms with van der Waals surface area (Å²) in [5, 5.41) is 13.5. The monoisotopic (exact) mass is 429 g/mol. The second-order valence-corrected chi connectivity index (χ2v) is 7.84. The number of amides is 2. The predicted molar refractivity (Wildman–Crippen MR) is 114 cm³/mol. The molecule has 0 fully saturated rings. The normalized spacial score (nSPS) is 14.9. The first-order valence-corrected chi connectivity index (χ1v) is 9.47. The van der Waals surface area contributed by atoms with Gasteiger partial charge in [0.1, 0.15) is 12.4 Å². The number of non-ortho nitro benzene ring substituents is 1. The van der Waals surface area contributed by atoms with Crippen LogP contribution in [0, 0.1) is 15.5 Å². The number of anilines is 2. The fraction of sp³-hybridized carbons (Fsp3) is 0.238. The van der Waals surface area contributed by atoms with Crippen LogP contribution in [0.25, 0.3) is 0 Å². The highest BCUT2D eigenvalue weighted by molar-refractivity contribution is 6.34. The molecule has 0 aliphatic carbocycles. The summed E-state index contributed by atoms with van der Waals surface area (Å²) in [5.74, 6) is -0.165. The second-order valence-electron chi connectivity index (χ2n) is 7.43. The molecule has 9 heteroatoms. The van der Waals surface area contributed by atoms with Gasteiger partial charge in [0.2, 0.25) is 5.91 Å². The SMILES string of the molecule is C=CCN1C(=O)C(C)(C)COc2cc(NC(=O)c3ccc([N+](=O)[O-])cc3Cl)ccc21. The maximum Gasteiger partial charge on any atom is 0.270 e. The molecule has 0 spiro atoms. The Balaban J connectivity index is 1.89. The van der Waals surface area contributed by atoms with E-state index < -0.39 is 16.2 Å². The van der Waals surface area contributed by atoms with Gasteiger partial charge in [-0.2, -0.15) is 0 Å². The van der Waals surface area contributed by atoms with E-state index in [4.69, 9.17) is 16.3 Å². The molecular formula is C21H20ClN3O5. The fourth-order valence-corrected chi connectivity index (χ4v) is 3.30. The number of halogens is 1. The lowest BCUT2D eigenvalue weighted by Gasteiger charge is -2.27. The van der Waals surface area contributed by atoms with Crippen molar-refractivity contribution in [3.63, 3.8) is 0 Å². The van der Waals surface area contributed by atoms with Crippen LogP contribution in [0.3, 0.4) is 0 Å². The molecule has 1 aliphatic heterocycles. The van der Waals surface area contributed by atoms with Crippen LogP contribution >= 0.6 is 11.6 Å². The summed E-state index contributed by atoms with van der Waals surface area (Å²) >= 11 is 6.03. The van der Waals surface area contributed by atoms with Gasteiger partial charge >= 0.3 is 0 Å². The average Bonchev–Trinajstić information content (AvgIpc) is 2.78. The average molecular weight is 430 g/mol. The molecule has 8 nitrogen and oxygen atoms in total. The first-order chi connectivity index (χ1) is 14.1. The van der Waals surface area contributed by atoms with Gasteiger partial charge in [-0.3, -0.25) is 19.7 Å². The molecule has 3 rings (SSSR count). The van der Waals surface area contributed by atoms with Gasteiger partial charge in [0.05, 0.1) is 26.6 Å². The van der Waals surface area contributed by atoms with Crippen molar-refractivity contribution in [1.82, 2.24) is 0 Å². The number of carbonyl (C=O) groups excluding carboxylic acids is 2. The summed E-state index contributed by atoms with van der Waals surface area (Å²) in [7, 11) is 0. The number of benzene rings is 2. The molecule has 1 N–H and O–H groups in total. The van der Waals surface area contributed by atoms with Crippen LogP contribution in [0.4, 0.5) is 17.1 Å². The van der Waals surface area contributed by atoms with Gasteiger partial charge < -0.3 is 15.0 Å². The number of fused-ring (bicyclic) bond motifs is 1. The number of nitro groups is 1. The first kappa shape index (κ1) is 21.3. The number of hydrogen-bond donors (Lipinski definition) is 1. The largest absolute Gasteiger partial charge is 0.490 e. The van der Waals surface area contributed by atoms with Gasteiger partial charge in [0.25, 0.3) is 11.6 Å². The van der Waals surface area contributed by atoms with Crippen molar-refractivity contribution in [3.05, 3.63) is 69.8 Å². The van der Waals surface area contributed by atoms with Crippen molar-refractivity contribution in [2.75, 3.05) is 23.4 Å². The Hall–Kier alpha value is -3.39. The fourth-order valence-electron chi connectivity index (χ4n) is 3.04. The Kier molecular flexibility index (Phi) is 5.80. The molecule has 0 saturated heterocycles. The van der Waals surface area contributed by atoms with Gasteiger partial charge in [-0.25, -0.2) is 0 Å². The molecule has 0 atom stereocenters. The molecule has 156 valence electrons. The van der Waals surface area contributed by atoms with Crippen molar-refractivity contribution in [2.24, 2.45) is 5.41 Å². The molecule has 2 amide bonds. The zero-order chi connectivity index (χ0) is 22.1. The number of ether oxygens (including phenoxy) is 1. The van der Waals surface area contributed by atoms with E-state index in [1.807, 2.05) is 0 Å². The zero-order valence-corrected chi connectivity index (χ0v) is 17.2. The van der Waals surface area contributed by atoms with E-state index >= 15 is 0 Å². The molecule has 30 heavy (non-hydrogen) atoms. The summed E-state index contributed by atoms with van der Waals surface area (Å²) in [6, 6.07) is 8.57. The van der Waals surface area contributed by atoms with E-state index in [9.17, 15) is 19.7 Å². The number of carbonyl (C=O) groups is 2. The van der Waals surface area contributed by atoms with Crippen LogP contribution in [0.2, 0.25) is 5.02 Å². The van der Waals surface area contributed by atoms with Gasteiger partial charge in [-0.05, 0) is 32.0 Å². The molecule has 0 radical (unpaired) electrons. The standard InChI is InChI=1S/C21H20ClN3O5/c1-4-9-24-17-8-5-13(10-18(17)30-12-21(2,3)20(24)27)23-19(26)15-7-6-14(25(28)29)11-16(15)22/h4-8,10-11H,1,9,12H2,2-3H3,(H,23,26). The third-order valence-electron chi connectivity index (χ3n) is 4.64. The lowest BCUT2D eigenvalue weighted by Crippen LogP contribution is -2.42. The predicted octanol–water partition coefficient (Wildman–Crippen LogP) is 4.44. The molecule has 0 saturated carbocycles. The lowest BCUT2D eigenvalue weighted by atomic mass is 9.93. The zero-order valence-electron chi connectivity index (χ0n) is 16.5. The first-order valence-electron chi connectivity index (χ1n) is 9.09. The minimum atomic E-state index is -0.724. The molecule has 1 aliphatic rings. The molecule has 1 heterocycles. The van der Waals surface area contributed by atoms with Crippen LogP contribution in [0.1, 0.15) is 24.2 Å². The van der Waals surface area contributed by atoms with E-state index in [1.165, 1.54) is 12.1 Å². The number of rotatable bonds is 5. The summed E-state index contributed by atoms with van der Waals surface area (Å²) < 4.78 is 5.86. The van der Waals surface area contributed by atoms with Crippen molar-refractivity contribution in [1.29, 1.82) is 0 Å². The van der Waals surface area contributed by atoms with Gasteiger partial charge in [-0.1, -0.05) is 17.7 Å². The maximum atomic E-state index is 12.8. The smallest absolute Gasteiger partial charge is 0.270 e. The van der Waals surface area contributed by atoms with Crippen LogP contribution < -0.4 is 15.0 Å². The van der Waals surface area contributed by atoms with Crippen molar-refractivity contribution in [2.45, 2.75) is 13.8 Å². The van der Waals surface area contributed by atoms with Crippen molar-refractivity contribution >= 4 is 40.5 Å². The molecule has 0 aromatic heterocycles. The lowest BCUT2D eigenvalue weighted by molar-refractivity contribution is -0.384. The number of hydrogen-bond acceptors (Lipinski definition) is 5. The summed E-state index contributed by atoms with van der Waals surface area (Å²) in [4.78, 5) is 37.3. The van der Waals surface area contributed by atoms with Crippen molar-refractivity contribution in [3.8, 4) is 5.75 Å². The third-order valence-corrected chi connectivity index (χ3v) is 4.95. The topological polar surface area (TPSA) is 102 Å². The van der Waals surface area contributed by atoms with Crippen molar-refractivity contribution < 1.29 is 19.2 Å². The number of nitrogens with one attached hydrogen (secondary N) is 1. The second kappa shape index (κ2) is 8.16. The Labute approximate surface area is 178 Å². The quantitative estimate of drug-likeness (QED) is 0.430. The number of nitro benzene ring substituents is 1. The van der Waals surface area contributed by atoms with E-state index in [1.54, 1.807) is 43.0 Å². The van der Waals surface area contributed by atoms with Crippen LogP contribution in [-0.2, 0) is 4.79 Å². The molecular weight excluding hydrogens is 410 g/mol. The van der Waals surface area contributed by atoms with Crippen LogP contribution in [0.15, 0.2) is 49.1 Å². The molecule has 2 aromatic rings. The Morgan fingerprint density at radius 3 is 2.73 bits per heavy atom. The highest BCUT2D eigenvalue weighted by atomic mass is 35.5. The van der Waals surface area contributed by atoms with Crippen LogP contribution in [-0.4, -0.2) is 29.9 Å². The number of nitrogens with zero attached hydrogens (tertiary/aromatic N) is 2. The van der Waals surface area contributed by atoms with E-state index in [0.29, 0.717) is 23.7 Å². The van der Waals surface area contributed by atoms with E-state index in [2.05, 4.69) is 11.9 Å². The summed E-state index contributed by atoms with van der Waals surface area (Å²) in [6.07, 6.45) is 1.63. The van der Waals surface area contributed by atoms with Gasteiger partial charge in [-0.15, -0.1) is 6.58 Å². The Morgan fingerprint density at radius 1 is 1.37 bits per heavy atom. The van der Waals surface area contributed by atoms with Gasteiger partial charge in [0, 0.05) is 30.4 Å². The van der Waals surface area contributed by atoms with Crippen LogP contribution in [0.5, 0.6) is 5.75 Å². The minimum absolute atomic E-state index is 0.0304. The van der Waals surface area contributed by atoms with Gasteiger partial charge in [0.15, 0.2) is 0 Å². The van der Waals surface area contributed by atoms with E-state index in [0.717, 1.165) is 6.07 Å². The molecule has 0 unspecified atom stereocenters. The van der Waals surface area contributed by atoms with E-state index in [-0.39, 0.29) is 28.8 Å². The highest BCUT2D eigenvalue weighted by Gasteiger charge is 2.37. The summed E-state index contributed by atoms with van der Waals surface area (Å²) in [5.41, 5.74) is 0.181. The molecule has 2 aromatic carbocycles. The minimum Gasteiger partial charge on any atom is -0.490 e. The highest BCUT2D eigenvalue weighted by Crippen LogP contribution is 2.38. The molecule has 0 bridgehead atoms. The Bertz CT molecular complexity index is 1050. The Morgan fingerprint density at radius 2 is 2.10 bits per heavy atom. The maximum absolute atomic E-state index is 12.8.